The van der Waals surface area contributed by atoms with Crippen LogP contribution in [0.15, 0.2) is 12.2 Å². The van der Waals surface area contributed by atoms with E-state index in [4.69, 9.17) is 4.84 Å². The van der Waals surface area contributed by atoms with Crippen molar-refractivity contribution in [1.82, 2.24) is 9.96 Å². The molecule has 124 valence electrons. The van der Waals surface area contributed by atoms with Gasteiger partial charge in [0, 0.05) is 37.5 Å². The predicted octanol–water partition coefficient (Wildman–Crippen LogP) is 0.325. The van der Waals surface area contributed by atoms with Gasteiger partial charge in [0.25, 0.3) is 23.6 Å². The topological polar surface area (TPSA) is 101 Å². The van der Waals surface area contributed by atoms with E-state index in [1.807, 2.05) is 0 Å². The summed E-state index contributed by atoms with van der Waals surface area (Å²) < 4.78 is 0. The molecule has 1 fully saturated rings. The lowest BCUT2D eigenvalue weighted by molar-refractivity contribution is -0.198. The van der Waals surface area contributed by atoms with Crippen molar-refractivity contribution in [2.24, 2.45) is 5.92 Å². The molecule has 0 aromatic carbocycles. The summed E-state index contributed by atoms with van der Waals surface area (Å²) in [6, 6.07) is 0. The minimum Gasteiger partial charge on any atom is -0.330 e. The Bertz CT molecular complexity index is 565. The number of unbranched alkanes of at least 4 members (excludes halogenated alkanes) is 2. The molecule has 0 aromatic heterocycles. The van der Waals surface area contributed by atoms with Crippen molar-refractivity contribution in [3.8, 4) is 0 Å². The molecular formula is C15H18N2O6. The van der Waals surface area contributed by atoms with Crippen molar-refractivity contribution in [2.45, 2.75) is 39.0 Å². The Hall–Kier alpha value is -2.51. The SMILES string of the molecule is CC1CC(=O)N(OC(=O)CCCCCN2C(=O)C=CC2=O)C1=O. The Balaban J connectivity index is 1.62. The molecule has 1 unspecified atom stereocenters. The molecule has 2 rings (SSSR count). The summed E-state index contributed by atoms with van der Waals surface area (Å²) in [5.74, 6) is -2.75. The fraction of sp³-hybridized carbons (Fsp3) is 0.533. The number of amides is 4. The third-order valence-corrected chi connectivity index (χ3v) is 3.69. The van der Waals surface area contributed by atoms with Crippen molar-refractivity contribution in [3.05, 3.63) is 12.2 Å². The first kappa shape index (κ1) is 16.9. The van der Waals surface area contributed by atoms with Gasteiger partial charge >= 0.3 is 5.97 Å². The number of hydrogen-bond acceptors (Lipinski definition) is 6. The van der Waals surface area contributed by atoms with E-state index < -0.39 is 23.7 Å². The number of hydrogen-bond donors (Lipinski definition) is 0. The Morgan fingerprint density at radius 3 is 2.35 bits per heavy atom. The van der Waals surface area contributed by atoms with Crippen LogP contribution in [0.5, 0.6) is 0 Å². The average molecular weight is 322 g/mol. The highest BCUT2D eigenvalue weighted by atomic mass is 16.7. The van der Waals surface area contributed by atoms with E-state index in [0.717, 1.165) is 4.90 Å². The molecule has 0 spiro atoms. The van der Waals surface area contributed by atoms with Crippen LogP contribution < -0.4 is 0 Å². The van der Waals surface area contributed by atoms with Crippen molar-refractivity contribution in [3.63, 3.8) is 0 Å². The normalized spacial score (nSPS) is 20.8. The van der Waals surface area contributed by atoms with Gasteiger partial charge in [0.05, 0.1) is 0 Å². The first-order valence-electron chi connectivity index (χ1n) is 7.51. The van der Waals surface area contributed by atoms with Crippen LogP contribution in [-0.4, -0.2) is 46.1 Å². The maximum Gasteiger partial charge on any atom is 0.333 e. The van der Waals surface area contributed by atoms with E-state index in [2.05, 4.69) is 0 Å². The zero-order valence-corrected chi connectivity index (χ0v) is 12.8. The van der Waals surface area contributed by atoms with E-state index in [-0.39, 0.29) is 24.7 Å². The van der Waals surface area contributed by atoms with Crippen molar-refractivity contribution in [2.75, 3.05) is 6.54 Å². The maximum absolute atomic E-state index is 11.6. The fourth-order valence-corrected chi connectivity index (χ4v) is 2.37. The molecule has 0 radical (unpaired) electrons. The molecule has 23 heavy (non-hydrogen) atoms. The molecule has 2 heterocycles. The van der Waals surface area contributed by atoms with Gasteiger partial charge in [-0.3, -0.25) is 24.1 Å². The lowest BCUT2D eigenvalue weighted by Crippen LogP contribution is -2.33. The highest BCUT2D eigenvalue weighted by molar-refractivity contribution is 6.12. The summed E-state index contributed by atoms with van der Waals surface area (Å²) in [6.45, 7) is 1.91. The van der Waals surface area contributed by atoms with Gasteiger partial charge in [-0.1, -0.05) is 13.3 Å². The van der Waals surface area contributed by atoms with Gasteiger partial charge < -0.3 is 4.84 Å². The highest BCUT2D eigenvalue weighted by Crippen LogP contribution is 2.19. The van der Waals surface area contributed by atoms with Gasteiger partial charge in [-0.25, -0.2) is 4.79 Å². The third-order valence-electron chi connectivity index (χ3n) is 3.69. The number of imide groups is 2. The van der Waals surface area contributed by atoms with Crippen LogP contribution in [0.25, 0.3) is 0 Å². The van der Waals surface area contributed by atoms with Crippen molar-refractivity contribution >= 4 is 29.6 Å². The second-order valence-electron chi connectivity index (χ2n) is 5.57. The molecule has 0 N–H and O–H groups in total. The van der Waals surface area contributed by atoms with Gasteiger partial charge in [-0.2, -0.15) is 0 Å². The minimum atomic E-state index is -0.643. The van der Waals surface area contributed by atoms with Gasteiger partial charge in [-0.05, 0) is 12.8 Å². The highest BCUT2D eigenvalue weighted by Gasteiger charge is 2.38. The molecule has 8 heteroatoms. The Morgan fingerprint density at radius 1 is 1.13 bits per heavy atom. The molecule has 1 saturated heterocycles. The first-order chi connectivity index (χ1) is 10.9. The van der Waals surface area contributed by atoms with Crippen molar-refractivity contribution in [1.29, 1.82) is 0 Å². The molecule has 2 aliphatic heterocycles. The third kappa shape index (κ3) is 4.02. The smallest absolute Gasteiger partial charge is 0.330 e. The lowest BCUT2D eigenvalue weighted by Gasteiger charge is -2.14. The Kier molecular flexibility index (Phi) is 5.25. The Morgan fingerprint density at radius 2 is 1.78 bits per heavy atom. The molecule has 0 bridgehead atoms. The van der Waals surface area contributed by atoms with E-state index in [1.54, 1.807) is 6.92 Å². The quantitative estimate of drug-likeness (QED) is 0.494. The van der Waals surface area contributed by atoms with Gasteiger partial charge in [0.15, 0.2) is 0 Å². The summed E-state index contributed by atoms with van der Waals surface area (Å²) >= 11 is 0. The monoisotopic (exact) mass is 322 g/mol. The zero-order chi connectivity index (χ0) is 17.0. The van der Waals surface area contributed by atoms with E-state index in [1.165, 1.54) is 12.2 Å². The number of carbonyl (C=O) groups is 5. The molecule has 8 nitrogen and oxygen atoms in total. The van der Waals surface area contributed by atoms with E-state index in [0.29, 0.717) is 30.9 Å². The summed E-state index contributed by atoms with van der Waals surface area (Å²) in [5, 5.41) is 0.542. The largest absolute Gasteiger partial charge is 0.333 e. The molecule has 1 atom stereocenters. The standard InChI is InChI=1S/C15H18N2O6/c1-10-9-13(20)17(15(10)22)23-14(21)5-3-2-4-8-16-11(18)6-7-12(16)19/h6-7,10H,2-5,8-9H2,1H3. The molecule has 0 aliphatic carbocycles. The van der Waals surface area contributed by atoms with Gasteiger partial charge in [0.1, 0.15) is 0 Å². The van der Waals surface area contributed by atoms with E-state index in [9.17, 15) is 24.0 Å². The summed E-state index contributed by atoms with van der Waals surface area (Å²) in [6.07, 6.45) is 4.24. The number of nitrogens with zero attached hydrogens (tertiary/aromatic N) is 2. The lowest BCUT2D eigenvalue weighted by atomic mass is 10.1. The van der Waals surface area contributed by atoms with Crippen LogP contribution in [0, 0.1) is 5.92 Å². The first-order valence-corrected chi connectivity index (χ1v) is 7.51. The van der Waals surface area contributed by atoms with Crippen LogP contribution in [0.2, 0.25) is 0 Å². The van der Waals surface area contributed by atoms with Crippen LogP contribution in [0.4, 0.5) is 0 Å². The number of hydroxylamine groups is 2. The molecule has 2 aliphatic rings. The summed E-state index contributed by atoms with van der Waals surface area (Å²) in [7, 11) is 0. The van der Waals surface area contributed by atoms with Crippen molar-refractivity contribution < 1.29 is 28.8 Å². The molecule has 4 amide bonds. The second kappa shape index (κ2) is 7.17. The van der Waals surface area contributed by atoms with E-state index >= 15 is 0 Å². The predicted molar refractivity (Wildman–Crippen MR) is 76.1 cm³/mol. The minimum absolute atomic E-state index is 0.0536. The zero-order valence-electron chi connectivity index (χ0n) is 12.8. The molecular weight excluding hydrogens is 304 g/mol. The van der Waals surface area contributed by atoms with Crippen LogP contribution in [-0.2, 0) is 28.8 Å². The van der Waals surface area contributed by atoms with Crippen LogP contribution in [0.3, 0.4) is 0 Å². The van der Waals surface area contributed by atoms with Crippen LogP contribution in [0.1, 0.15) is 39.0 Å². The van der Waals surface area contributed by atoms with Crippen LogP contribution >= 0.6 is 0 Å². The fourth-order valence-electron chi connectivity index (χ4n) is 2.37. The summed E-state index contributed by atoms with van der Waals surface area (Å²) in [4.78, 5) is 63.2. The molecule has 0 saturated carbocycles. The Labute approximate surface area is 133 Å². The number of rotatable bonds is 7. The maximum atomic E-state index is 11.6. The number of carbonyl (C=O) groups excluding carboxylic acids is 5. The average Bonchev–Trinajstić information content (AvgIpc) is 2.93. The van der Waals surface area contributed by atoms with Gasteiger partial charge in [0.2, 0.25) is 0 Å². The second-order valence-corrected chi connectivity index (χ2v) is 5.57. The molecule has 0 aromatic rings. The summed E-state index contributed by atoms with van der Waals surface area (Å²) in [5.41, 5.74) is 0. The van der Waals surface area contributed by atoms with Gasteiger partial charge in [-0.15, -0.1) is 5.06 Å².